The van der Waals surface area contributed by atoms with Gasteiger partial charge in [-0.3, -0.25) is 9.78 Å². The van der Waals surface area contributed by atoms with Crippen LogP contribution in [0.3, 0.4) is 0 Å². The first-order valence-electron chi connectivity index (χ1n) is 9.03. The van der Waals surface area contributed by atoms with Gasteiger partial charge in [-0.2, -0.15) is 0 Å². The Bertz CT molecular complexity index is 1130. The summed E-state index contributed by atoms with van der Waals surface area (Å²) in [6, 6.07) is 13.9. The Morgan fingerprint density at radius 3 is 2.39 bits per heavy atom. The molecule has 6 heteroatoms. The van der Waals surface area contributed by atoms with Crippen LogP contribution >= 0.6 is 0 Å². The average Bonchev–Trinajstić information content (AvgIpc) is 3.07. The van der Waals surface area contributed by atoms with Gasteiger partial charge < -0.3 is 10.3 Å². The zero-order valence-corrected chi connectivity index (χ0v) is 15.5. The predicted molar refractivity (Wildman–Crippen MR) is 108 cm³/mol. The molecule has 0 saturated carbocycles. The molecule has 1 amide bonds. The van der Waals surface area contributed by atoms with Crippen molar-refractivity contribution in [3.63, 3.8) is 0 Å². The number of fused-ring (bicyclic) bond motifs is 1. The molecule has 0 fully saturated rings. The van der Waals surface area contributed by atoms with E-state index in [-0.39, 0.29) is 17.6 Å². The Labute approximate surface area is 161 Å². The number of carbonyl (C=O) groups is 1. The molecule has 140 valence electrons. The number of halogens is 1. The van der Waals surface area contributed by atoms with Crippen LogP contribution in [0.2, 0.25) is 0 Å². The van der Waals surface area contributed by atoms with E-state index in [0.29, 0.717) is 11.5 Å². The van der Waals surface area contributed by atoms with Crippen LogP contribution in [0.5, 0.6) is 0 Å². The molecule has 3 heterocycles. The second kappa shape index (κ2) is 7.23. The van der Waals surface area contributed by atoms with Crippen molar-refractivity contribution in [2.24, 2.45) is 5.92 Å². The van der Waals surface area contributed by atoms with E-state index in [9.17, 15) is 9.18 Å². The molecule has 1 aromatic carbocycles. The topological polar surface area (TPSA) is 70.7 Å². The lowest BCUT2D eigenvalue weighted by atomic mass is 10.00. The van der Waals surface area contributed by atoms with Crippen molar-refractivity contribution in [3.05, 3.63) is 66.7 Å². The summed E-state index contributed by atoms with van der Waals surface area (Å²) in [5, 5.41) is 3.73. The molecule has 28 heavy (non-hydrogen) atoms. The minimum absolute atomic E-state index is 0.0912. The summed E-state index contributed by atoms with van der Waals surface area (Å²) in [4.78, 5) is 24.0. The van der Waals surface area contributed by atoms with E-state index in [1.54, 1.807) is 30.6 Å². The molecule has 0 aliphatic carbocycles. The summed E-state index contributed by atoms with van der Waals surface area (Å²) in [5.74, 6) is -0.0312. The van der Waals surface area contributed by atoms with E-state index in [4.69, 9.17) is 0 Å². The van der Waals surface area contributed by atoms with Crippen LogP contribution in [0.25, 0.3) is 33.4 Å². The summed E-state index contributed by atoms with van der Waals surface area (Å²) in [6.45, 7) is 3.66. The Kier molecular flexibility index (Phi) is 4.61. The Hall–Kier alpha value is -3.54. The monoisotopic (exact) mass is 374 g/mol. The molecule has 0 spiro atoms. The van der Waals surface area contributed by atoms with Gasteiger partial charge in [-0.1, -0.05) is 13.8 Å². The normalized spacial score (nSPS) is 11.1. The van der Waals surface area contributed by atoms with E-state index in [1.807, 2.05) is 32.0 Å². The number of benzene rings is 1. The maximum atomic E-state index is 13.4. The molecular formula is C22H19FN4O. The van der Waals surface area contributed by atoms with Crippen molar-refractivity contribution in [3.8, 4) is 22.4 Å². The summed E-state index contributed by atoms with van der Waals surface area (Å²) in [5.41, 5.74) is 4.26. The molecule has 0 bridgehead atoms. The molecule has 3 aromatic heterocycles. The van der Waals surface area contributed by atoms with Crippen LogP contribution in [0.1, 0.15) is 13.8 Å². The highest BCUT2D eigenvalue weighted by atomic mass is 19.1. The highest BCUT2D eigenvalue weighted by molar-refractivity contribution is 6.03. The molecule has 4 aromatic rings. The first-order chi connectivity index (χ1) is 13.5. The van der Waals surface area contributed by atoms with Crippen LogP contribution in [0, 0.1) is 11.7 Å². The number of nitrogens with one attached hydrogen (secondary N) is 2. The maximum absolute atomic E-state index is 13.4. The number of pyridine rings is 2. The Balaban J connectivity index is 1.89. The van der Waals surface area contributed by atoms with E-state index in [0.717, 1.165) is 27.8 Å². The van der Waals surface area contributed by atoms with Gasteiger partial charge in [-0.05, 0) is 59.7 Å². The van der Waals surface area contributed by atoms with Crippen LogP contribution < -0.4 is 5.32 Å². The highest BCUT2D eigenvalue weighted by Gasteiger charge is 2.17. The quantitative estimate of drug-likeness (QED) is 0.527. The number of anilines is 1. The number of nitrogens with zero attached hydrogens (tertiary/aromatic N) is 2. The SMILES string of the molecule is CC(C)C(=O)Nc1ccc2c(-c3ccncc3)c(-c3ccc(F)cc3)[nH]c2n1. The average molecular weight is 374 g/mol. The van der Waals surface area contributed by atoms with Gasteiger partial charge in [0.1, 0.15) is 17.3 Å². The number of H-pyrrole nitrogens is 1. The molecule has 5 nitrogen and oxygen atoms in total. The fourth-order valence-corrected chi connectivity index (χ4v) is 3.06. The zero-order valence-electron chi connectivity index (χ0n) is 15.5. The predicted octanol–water partition coefficient (Wildman–Crippen LogP) is 5.03. The van der Waals surface area contributed by atoms with Crippen LogP contribution in [0.4, 0.5) is 10.2 Å². The Morgan fingerprint density at radius 2 is 1.71 bits per heavy atom. The third kappa shape index (κ3) is 3.36. The maximum Gasteiger partial charge on any atom is 0.228 e. The minimum Gasteiger partial charge on any atom is -0.339 e. The molecule has 4 rings (SSSR count). The number of aromatic amines is 1. The molecule has 0 radical (unpaired) electrons. The fourth-order valence-electron chi connectivity index (χ4n) is 3.06. The first kappa shape index (κ1) is 17.9. The van der Waals surface area contributed by atoms with Crippen LogP contribution in [0.15, 0.2) is 60.9 Å². The first-order valence-corrected chi connectivity index (χ1v) is 9.03. The van der Waals surface area contributed by atoms with Gasteiger partial charge in [0.05, 0.1) is 5.69 Å². The van der Waals surface area contributed by atoms with Gasteiger partial charge in [0.15, 0.2) is 0 Å². The molecule has 0 atom stereocenters. The lowest BCUT2D eigenvalue weighted by molar-refractivity contribution is -0.118. The summed E-state index contributed by atoms with van der Waals surface area (Å²) in [6.07, 6.45) is 3.46. The van der Waals surface area contributed by atoms with E-state index >= 15 is 0 Å². The van der Waals surface area contributed by atoms with Gasteiger partial charge in [0.25, 0.3) is 0 Å². The summed E-state index contributed by atoms with van der Waals surface area (Å²) in [7, 11) is 0. The number of hydrogen-bond acceptors (Lipinski definition) is 3. The van der Waals surface area contributed by atoms with Gasteiger partial charge in [-0.25, -0.2) is 9.37 Å². The second-order valence-corrected chi connectivity index (χ2v) is 6.85. The standard InChI is InChI=1S/C22H19FN4O/c1-13(2)22(28)26-18-8-7-17-19(14-9-11-24-12-10-14)20(27-21(17)25-18)15-3-5-16(23)6-4-15/h3-13H,1-2H3,(H2,25,26,27,28). The fraction of sp³-hybridized carbons (Fsp3) is 0.136. The molecule has 0 saturated heterocycles. The van der Waals surface area contributed by atoms with E-state index in [2.05, 4.69) is 20.3 Å². The van der Waals surface area contributed by atoms with Crippen molar-refractivity contribution in [1.82, 2.24) is 15.0 Å². The lowest BCUT2D eigenvalue weighted by Crippen LogP contribution is -2.18. The summed E-state index contributed by atoms with van der Waals surface area (Å²) < 4.78 is 13.4. The number of amides is 1. The number of aromatic nitrogens is 3. The number of rotatable bonds is 4. The number of carbonyl (C=O) groups excluding carboxylic acids is 1. The largest absolute Gasteiger partial charge is 0.339 e. The van der Waals surface area contributed by atoms with Gasteiger partial charge in [-0.15, -0.1) is 0 Å². The van der Waals surface area contributed by atoms with Gasteiger partial charge in [0, 0.05) is 29.3 Å². The minimum atomic E-state index is -0.290. The van der Waals surface area contributed by atoms with Crippen molar-refractivity contribution in [2.75, 3.05) is 5.32 Å². The highest BCUT2D eigenvalue weighted by Crippen LogP contribution is 2.38. The van der Waals surface area contributed by atoms with Crippen LogP contribution in [-0.2, 0) is 4.79 Å². The van der Waals surface area contributed by atoms with Crippen LogP contribution in [-0.4, -0.2) is 20.9 Å². The van der Waals surface area contributed by atoms with Crippen molar-refractivity contribution >= 4 is 22.8 Å². The second-order valence-electron chi connectivity index (χ2n) is 6.85. The number of hydrogen-bond donors (Lipinski definition) is 2. The molecular weight excluding hydrogens is 355 g/mol. The van der Waals surface area contributed by atoms with Crippen molar-refractivity contribution < 1.29 is 9.18 Å². The van der Waals surface area contributed by atoms with Crippen molar-refractivity contribution in [1.29, 1.82) is 0 Å². The van der Waals surface area contributed by atoms with E-state index < -0.39 is 0 Å². The molecule has 0 aliphatic heterocycles. The molecule has 2 N–H and O–H groups in total. The van der Waals surface area contributed by atoms with Crippen molar-refractivity contribution in [2.45, 2.75) is 13.8 Å². The summed E-state index contributed by atoms with van der Waals surface area (Å²) >= 11 is 0. The lowest BCUT2D eigenvalue weighted by Gasteiger charge is -2.07. The molecule has 0 aliphatic rings. The Morgan fingerprint density at radius 1 is 1.00 bits per heavy atom. The third-order valence-corrected chi connectivity index (χ3v) is 4.54. The van der Waals surface area contributed by atoms with Gasteiger partial charge in [0.2, 0.25) is 5.91 Å². The third-order valence-electron chi connectivity index (χ3n) is 4.54. The van der Waals surface area contributed by atoms with E-state index in [1.165, 1.54) is 12.1 Å². The van der Waals surface area contributed by atoms with Gasteiger partial charge >= 0.3 is 0 Å². The smallest absolute Gasteiger partial charge is 0.228 e. The molecule has 0 unspecified atom stereocenters. The zero-order chi connectivity index (χ0) is 19.7.